The maximum absolute atomic E-state index is 11.4. The van der Waals surface area contributed by atoms with Crippen LogP contribution >= 0.6 is 0 Å². The average Bonchev–Trinajstić information content (AvgIpc) is 2.18. The number of aliphatic hydroxyl groups excluding tert-OH is 1. The second kappa shape index (κ2) is 5.82. The second-order valence-electron chi connectivity index (χ2n) is 3.49. The maximum atomic E-state index is 11.4. The summed E-state index contributed by atoms with van der Waals surface area (Å²) in [4.78, 5) is 13.1. The van der Waals surface area contributed by atoms with E-state index in [1.165, 1.54) is 0 Å². The summed E-state index contributed by atoms with van der Waals surface area (Å²) in [5, 5.41) is 12.1. The number of piperazine rings is 1. The lowest BCUT2D eigenvalue weighted by atomic mass is 10.3. The van der Waals surface area contributed by atoms with E-state index in [1.54, 1.807) is 11.8 Å². The summed E-state index contributed by atoms with van der Waals surface area (Å²) in [6.07, 6.45) is -0.185. The Morgan fingerprint density at radius 2 is 2.21 bits per heavy atom. The molecule has 1 aliphatic heterocycles. The van der Waals surface area contributed by atoms with Crippen LogP contribution in [0.2, 0.25) is 0 Å². The molecule has 0 aromatic carbocycles. The Morgan fingerprint density at radius 3 is 2.79 bits per heavy atom. The van der Waals surface area contributed by atoms with Crippen LogP contribution < -0.4 is 5.32 Å². The highest BCUT2D eigenvalue weighted by Crippen LogP contribution is 1.98. The van der Waals surface area contributed by atoms with E-state index in [0.717, 1.165) is 13.1 Å². The van der Waals surface area contributed by atoms with Gasteiger partial charge in [-0.25, -0.2) is 4.79 Å². The summed E-state index contributed by atoms with van der Waals surface area (Å²) in [5.41, 5.74) is 0. The minimum Gasteiger partial charge on any atom is -0.449 e. The van der Waals surface area contributed by atoms with E-state index < -0.39 is 6.10 Å². The molecule has 1 amide bonds. The molecule has 0 radical (unpaired) electrons. The minimum atomic E-state index is -0.411. The van der Waals surface area contributed by atoms with Gasteiger partial charge in [-0.3, -0.25) is 0 Å². The molecule has 1 unspecified atom stereocenters. The molecule has 1 rings (SSSR count). The number of amides is 1. The first-order valence-electron chi connectivity index (χ1n) is 5.00. The molecule has 1 aliphatic rings. The van der Waals surface area contributed by atoms with Crippen molar-refractivity contribution in [3.63, 3.8) is 0 Å². The SMILES string of the molecule is CC(O)CCOC(=O)N1CCNCC1. The Labute approximate surface area is 84.0 Å². The van der Waals surface area contributed by atoms with Gasteiger partial charge in [0.2, 0.25) is 0 Å². The van der Waals surface area contributed by atoms with Gasteiger partial charge in [-0.1, -0.05) is 0 Å². The minimum absolute atomic E-state index is 0.271. The molecule has 1 fully saturated rings. The lowest BCUT2D eigenvalue weighted by molar-refractivity contribution is 0.0804. The zero-order valence-corrected chi connectivity index (χ0v) is 8.53. The number of nitrogens with zero attached hydrogens (tertiary/aromatic N) is 1. The molecule has 82 valence electrons. The first-order chi connectivity index (χ1) is 6.70. The fourth-order valence-electron chi connectivity index (χ4n) is 1.26. The monoisotopic (exact) mass is 202 g/mol. The van der Waals surface area contributed by atoms with Gasteiger partial charge in [0.05, 0.1) is 12.7 Å². The van der Waals surface area contributed by atoms with Crippen molar-refractivity contribution in [1.82, 2.24) is 10.2 Å². The molecule has 1 heterocycles. The fourth-order valence-corrected chi connectivity index (χ4v) is 1.26. The van der Waals surface area contributed by atoms with Gasteiger partial charge in [-0.2, -0.15) is 0 Å². The molecule has 0 spiro atoms. The molecule has 0 bridgehead atoms. The Morgan fingerprint density at radius 1 is 1.57 bits per heavy atom. The summed E-state index contributed by atoms with van der Waals surface area (Å²) >= 11 is 0. The number of hydrogen-bond acceptors (Lipinski definition) is 4. The maximum Gasteiger partial charge on any atom is 0.409 e. The van der Waals surface area contributed by atoms with E-state index in [1.807, 2.05) is 0 Å². The van der Waals surface area contributed by atoms with Gasteiger partial charge in [0, 0.05) is 32.6 Å². The van der Waals surface area contributed by atoms with Crippen molar-refractivity contribution in [2.24, 2.45) is 0 Å². The van der Waals surface area contributed by atoms with Crippen molar-refractivity contribution in [3.05, 3.63) is 0 Å². The van der Waals surface area contributed by atoms with E-state index >= 15 is 0 Å². The standard InChI is InChI=1S/C9H18N2O3/c1-8(12)2-7-14-9(13)11-5-3-10-4-6-11/h8,10,12H,2-7H2,1H3. The number of hydrogen-bond donors (Lipinski definition) is 2. The zero-order chi connectivity index (χ0) is 10.4. The predicted molar refractivity (Wildman–Crippen MR) is 52.1 cm³/mol. The van der Waals surface area contributed by atoms with Gasteiger partial charge in [0.15, 0.2) is 0 Å². The second-order valence-corrected chi connectivity index (χ2v) is 3.49. The van der Waals surface area contributed by atoms with Gasteiger partial charge in [0.25, 0.3) is 0 Å². The van der Waals surface area contributed by atoms with Crippen LogP contribution in [0.4, 0.5) is 4.79 Å². The van der Waals surface area contributed by atoms with Crippen LogP contribution in [-0.2, 0) is 4.74 Å². The van der Waals surface area contributed by atoms with Gasteiger partial charge >= 0.3 is 6.09 Å². The molecular formula is C9H18N2O3. The van der Waals surface area contributed by atoms with Crippen molar-refractivity contribution in [3.8, 4) is 0 Å². The van der Waals surface area contributed by atoms with Crippen LogP contribution in [0.5, 0.6) is 0 Å². The molecule has 0 saturated carbocycles. The lowest BCUT2D eigenvalue weighted by Crippen LogP contribution is -2.46. The topological polar surface area (TPSA) is 61.8 Å². The molecule has 14 heavy (non-hydrogen) atoms. The quantitative estimate of drug-likeness (QED) is 0.665. The van der Waals surface area contributed by atoms with E-state index in [4.69, 9.17) is 9.84 Å². The Hall–Kier alpha value is -0.810. The number of rotatable bonds is 3. The van der Waals surface area contributed by atoms with Crippen molar-refractivity contribution in [2.75, 3.05) is 32.8 Å². The van der Waals surface area contributed by atoms with E-state index in [2.05, 4.69) is 5.32 Å². The van der Waals surface area contributed by atoms with Gasteiger partial charge in [0.1, 0.15) is 0 Å². The van der Waals surface area contributed by atoms with E-state index in [-0.39, 0.29) is 6.09 Å². The van der Waals surface area contributed by atoms with Crippen molar-refractivity contribution in [2.45, 2.75) is 19.4 Å². The Balaban J connectivity index is 2.13. The molecule has 1 atom stereocenters. The highest BCUT2D eigenvalue weighted by Gasteiger charge is 2.16. The third-order valence-electron chi connectivity index (χ3n) is 2.14. The fraction of sp³-hybridized carbons (Fsp3) is 0.889. The summed E-state index contributed by atoms with van der Waals surface area (Å²) in [6.45, 7) is 5.02. The van der Waals surface area contributed by atoms with Crippen LogP contribution in [0.15, 0.2) is 0 Å². The van der Waals surface area contributed by atoms with Crippen molar-refractivity contribution >= 4 is 6.09 Å². The molecule has 5 nitrogen and oxygen atoms in total. The van der Waals surface area contributed by atoms with Crippen molar-refractivity contribution in [1.29, 1.82) is 0 Å². The zero-order valence-electron chi connectivity index (χ0n) is 8.53. The highest BCUT2D eigenvalue weighted by atomic mass is 16.6. The molecule has 2 N–H and O–H groups in total. The molecule has 0 aliphatic carbocycles. The Kier molecular flexibility index (Phi) is 4.69. The highest BCUT2D eigenvalue weighted by molar-refractivity contribution is 5.67. The van der Waals surface area contributed by atoms with Crippen molar-refractivity contribution < 1.29 is 14.6 Å². The molecular weight excluding hydrogens is 184 g/mol. The third-order valence-corrected chi connectivity index (χ3v) is 2.14. The number of aliphatic hydroxyl groups is 1. The largest absolute Gasteiger partial charge is 0.449 e. The normalized spacial score (nSPS) is 19.1. The predicted octanol–water partition coefficient (Wildman–Crippen LogP) is -0.201. The summed E-state index contributed by atoms with van der Waals surface area (Å²) in [7, 11) is 0. The van der Waals surface area contributed by atoms with E-state index in [0.29, 0.717) is 26.1 Å². The molecule has 1 saturated heterocycles. The van der Waals surface area contributed by atoms with Gasteiger partial charge in [-0.05, 0) is 6.92 Å². The first kappa shape index (κ1) is 11.3. The number of ether oxygens (including phenoxy) is 1. The summed E-state index contributed by atoms with van der Waals surface area (Å²) in [6, 6.07) is 0. The number of carbonyl (C=O) groups excluding carboxylic acids is 1. The lowest BCUT2D eigenvalue weighted by Gasteiger charge is -2.26. The molecule has 5 heteroatoms. The average molecular weight is 202 g/mol. The Bertz CT molecular complexity index is 179. The smallest absolute Gasteiger partial charge is 0.409 e. The number of carbonyl (C=O) groups is 1. The number of nitrogens with one attached hydrogen (secondary N) is 1. The van der Waals surface area contributed by atoms with Crippen LogP contribution in [0.25, 0.3) is 0 Å². The first-order valence-corrected chi connectivity index (χ1v) is 5.00. The van der Waals surface area contributed by atoms with E-state index in [9.17, 15) is 4.79 Å². The van der Waals surface area contributed by atoms with Crippen LogP contribution in [0, 0.1) is 0 Å². The van der Waals surface area contributed by atoms with Crippen LogP contribution in [0.1, 0.15) is 13.3 Å². The van der Waals surface area contributed by atoms with Gasteiger partial charge < -0.3 is 20.1 Å². The summed E-state index contributed by atoms with van der Waals surface area (Å²) < 4.78 is 4.99. The third kappa shape index (κ3) is 3.93. The summed E-state index contributed by atoms with van der Waals surface area (Å²) in [5.74, 6) is 0. The molecule has 0 aromatic heterocycles. The van der Waals surface area contributed by atoms with Crippen LogP contribution in [0.3, 0.4) is 0 Å². The molecule has 0 aromatic rings. The van der Waals surface area contributed by atoms with Gasteiger partial charge in [-0.15, -0.1) is 0 Å². The van der Waals surface area contributed by atoms with Crippen LogP contribution in [-0.4, -0.2) is 55.0 Å².